The molecule has 2 aromatic rings. The summed E-state index contributed by atoms with van der Waals surface area (Å²) < 4.78 is 27.9. The Hall–Kier alpha value is -1.50. The van der Waals surface area contributed by atoms with Crippen molar-refractivity contribution in [3.8, 4) is 0 Å². The summed E-state index contributed by atoms with van der Waals surface area (Å²) in [5, 5.41) is 4.07. The molecule has 0 spiro atoms. The molecule has 0 radical (unpaired) electrons. The number of nitrogens with zero attached hydrogens (tertiary/aromatic N) is 2. The van der Waals surface area contributed by atoms with Crippen LogP contribution in [0.1, 0.15) is 25.3 Å². The molecule has 5 nitrogen and oxygen atoms in total. The van der Waals surface area contributed by atoms with Gasteiger partial charge >= 0.3 is 0 Å². The number of pyridine rings is 1. The van der Waals surface area contributed by atoms with Gasteiger partial charge in [-0.1, -0.05) is 13.0 Å². The SMILES string of the molecule is CCNCC1CCN(S(=O)(=O)c2ccc(C)c3ncccc23)CC1. The molecule has 1 aliphatic heterocycles. The number of aromatic nitrogens is 1. The summed E-state index contributed by atoms with van der Waals surface area (Å²) in [5.41, 5.74) is 1.76. The quantitative estimate of drug-likeness (QED) is 0.903. The molecule has 2 heterocycles. The Morgan fingerprint density at radius 1 is 1.25 bits per heavy atom. The first kappa shape index (κ1) is 17.3. The lowest BCUT2D eigenvalue weighted by atomic mass is 9.98. The van der Waals surface area contributed by atoms with Crippen LogP contribution < -0.4 is 5.32 Å². The first-order valence-electron chi connectivity index (χ1n) is 8.59. The Morgan fingerprint density at radius 2 is 2.00 bits per heavy atom. The summed E-state index contributed by atoms with van der Waals surface area (Å²) in [5.74, 6) is 0.563. The number of benzene rings is 1. The number of sulfonamides is 1. The third-order valence-electron chi connectivity index (χ3n) is 4.81. The van der Waals surface area contributed by atoms with Crippen LogP contribution in [0.25, 0.3) is 10.9 Å². The van der Waals surface area contributed by atoms with Crippen molar-refractivity contribution in [1.82, 2.24) is 14.6 Å². The van der Waals surface area contributed by atoms with Crippen LogP contribution in [0, 0.1) is 12.8 Å². The molecule has 1 fully saturated rings. The first-order valence-corrected chi connectivity index (χ1v) is 10.0. The van der Waals surface area contributed by atoms with E-state index in [-0.39, 0.29) is 0 Å². The molecular weight excluding hydrogens is 322 g/mol. The molecule has 1 aromatic carbocycles. The average Bonchev–Trinajstić information content (AvgIpc) is 2.60. The van der Waals surface area contributed by atoms with E-state index in [1.165, 1.54) is 0 Å². The molecule has 0 atom stereocenters. The minimum absolute atomic E-state index is 0.376. The van der Waals surface area contributed by atoms with Crippen LogP contribution in [0.3, 0.4) is 0 Å². The van der Waals surface area contributed by atoms with Crippen LogP contribution in [0.4, 0.5) is 0 Å². The molecule has 3 rings (SSSR count). The fourth-order valence-electron chi connectivity index (χ4n) is 3.35. The number of aryl methyl sites for hydroxylation is 1. The van der Waals surface area contributed by atoms with E-state index in [4.69, 9.17) is 0 Å². The molecule has 130 valence electrons. The fourth-order valence-corrected chi connectivity index (χ4v) is 5.01. The highest BCUT2D eigenvalue weighted by Gasteiger charge is 2.30. The third kappa shape index (κ3) is 3.31. The molecule has 6 heteroatoms. The van der Waals surface area contributed by atoms with Gasteiger partial charge < -0.3 is 5.32 Å². The molecule has 1 saturated heterocycles. The number of hydrogen-bond donors (Lipinski definition) is 1. The highest BCUT2D eigenvalue weighted by molar-refractivity contribution is 7.89. The molecule has 1 N–H and O–H groups in total. The zero-order valence-corrected chi connectivity index (χ0v) is 15.1. The summed E-state index contributed by atoms with van der Waals surface area (Å²) in [7, 11) is -3.48. The van der Waals surface area contributed by atoms with Gasteiger partial charge in [0.2, 0.25) is 10.0 Å². The highest BCUT2D eigenvalue weighted by Crippen LogP contribution is 2.29. The van der Waals surface area contributed by atoms with Gasteiger partial charge in [0.25, 0.3) is 0 Å². The van der Waals surface area contributed by atoms with Crippen molar-refractivity contribution in [2.75, 3.05) is 26.2 Å². The van der Waals surface area contributed by atoms with E-state index in [1.807, 2.05) is 19.1 Å². The van der Waals surface area contributed by atoms with Gasteiger partial charge in [0.1, 0.15) is 0 Å². The summed E-state index contributed by atoms with van der Waals surface area (Å²) >= 11 is 0. The Labute approximate surface area is 144 Å². The van der Waals surface area contributed by atoms with Gasteiger partial charge in [0.15, 0.2) is 0 Å². The predicted octanol–water partition coefficient (Wildman–Crippen LogP) is 2.55. The lowest BCUT2D eigenvalue weighted by molar-refractivity contribution is 0.268. The Bertz CT molecular complexity index is 812. The molecule has 0 bridgehead atoms. The summed E-state index contributed by atoms with van der Waals surface area (Å²) in [6, 6.07) is 7.21. The van der Waals surface area contributed by atoms with E-state index < -0.39 is 10.0 Å². The van der Waals surface area contributed by atoms with Crippen LogP contribution in [0.2, 0.25) is 0 Å². The van der Waals surface area contributed by atoms with Gasteiger partial charge in [-0.3, -0.25) is 4.98 Å². The van der Waals surface area contributed by atoms with Crippen molar-refractivity contribution in [2.45, 2.75) is 31.6 Å². The van der Waals surface area contributed by atoms with E-state index in [9.17, 15) is 8.42 Å². The monoisotopic (exact) mass is 347 g/mol. The van der Waals surface area contributed by atoms with Gasteiger partial charge in [-0.15, -0.1) is 0 Å². The van der Waals surface area contributed by atoms with Crippen LogP contribution >= 0.6 is 0 Å². The van der Waals surface area contributed by atoms with Gasteiger partial charge in [-0.2, -0.15) is 4.31 Å². The molecule has 0 saturated carbocycles. The summed E-state index contributed by atoms with van der Waals surface area (Å²) in [6.45, 7) is 7.17. The predicted molar refractivity (Wildman–Crippen MR) is 96.5 cm³/mol. The lowest BCUT2D eigenvalue weighted by Crippen LogP contribution is -2.40. The Kier molecular flexibility index (Phi) is 5.18. The van der Waals surface area contributed by atoms with E-state index in [0.717, 1.165) is 37.0 Å². The molecular formula is C18H25N3O2S. The third-order valence-corrected chi connectivity index (χ3v) is 6.76. The highest BCUT2D eigenvalue weighted by atomic mass is 32.2. The molecule has 0 amide bonds. The maximum Gasteiger partial charge on any atom is 0.243 e. The van der Waals surface area contributed by atoms with Crippen molar-refractivity contribution in [3.05, 3.63) is 36.0 Å². The number of fused-ring (bicyclic) bond motifs is 1. The molecule has 24 heavy (non-hydrogen) atoms. The van der Waals surface area contributed by atoms with Gasteiger partial charge in [-0.25, -0.2) is 8.42 Å². The smallest absolute Gasteiger partial charge is 0.243 e. The molecule has 0 aliphatic carbocycles. The number of rotatable bonds is 5. The molecule has 1 aliphatic rings. The molecule has 0 unspecified atom stereocenters. The zero-order chi connectivity index (χ0) is 17.2. The standard InChI is InChI=1S/C18H25N3O2S/c1-3-19-13-15-8-11-21(12-9-15)24(22,23)17-7-6-14(2)18-16(17)5-4-10-20-18/h4-7,10,15,19H,3,8-9,11-13H2,1-2H3. The minimum atomic E-state index is -3.48. The van der Waals surface area contributed by atoms with Crippen LogP contribution in [-0.2, 0) is 10.0 Å². The fraction of sp³-hybridized carbons (Fsp3) is 0.500. The second-order valence-electron chi connectivity index (χ2n) is 6.44. The van der Waals surface area contributed by atoms with E-state index in [2.05, 4.69) is 17.2 Å². The van der Waals surface area contributed by atoms with Crippen molar-refractivity contribution >= 4 is 20.9 Å². The van der Waals surface area contributed by atoms with Crippen LogP contribution in [-0.4, -0.2) is 43.9 Å². The van der Waals surface area contributed by atoms with E-state index in [1.54, 1.807) is 22.6 Å². The number of hydrogen-bond acceptors (Lipinski definition) is 4. The van der Waals surface area contributed by atoms with Crippen LogP contribution in [0.5, 0.6) is 0 Å². The number of piperidine rings is 1. The van der Waals surface area contributed by atoms with Crippen molar-refractivity contribution in [2.24, 2.45) is 5.92 Å². The second kappa shape index (κ2) is 7.17. The largest absolute Gasteiger partial charge is 0.317 e. The van der Waals surface area contributed by atoms with E-state index in [0.29, 0.717) is 29.3 Å². The van der Waals surface area contributed by atoms with Crippen molar-refractivity contribution < 1.29 is 8.42 Å². The maximum atomic E-state index is 13.1. The summed E-state index contributed by atoms with van der Waals surface area (Å²) in [4.78, 5) is 4.73. The van der Waals surface area contributed by atoms with Crippen molar-refractivity contribution in [1.29, 1.82) is 0 Å². The topological polar surface area (TPSA) is 62.3 Å². The van der Waals surface area contributed by atoms with Gasteiger partial charge in [0, 0.05) is 24.7 Å². The minimum Gasteiger partial charge on any atom is -0.317 e. The Morgan fingerprint density at radius 3 is 2.71 bits per heavy atom. The van der Waals surface area contributed by atoms with Crippen LogP contribution in [0.15, 0.2) is 35.4 Å². The average molecular weight is 347 g/mol. The van der Waals surface area contributed by atoms with Gasteiger partial charge in [-0.05, 0) is 62.5 Å². The van der Waals surface area contributed by atoms with Crippen molar-refractivity contribution in [3.63, 3.8) is 0 Å². The van der Waals surface area contributed by atoms with E-state index >= 15 is 0 Å². The summed E-state index contributed by atoms with van der Waals surface area (Å²) in [6.07, 6.45) is 3.53. The first-order chi connectivity index (χ1) is 11.5. The zero-order valence-electron chi connectivity index (χ0n) is 14.3. The maximum absolute atomic E-state index is 13.1. The lowest BCUT2D eigenvalue weighted by Gasteiger charge is -2.31. The van der Waals surface area contributed by atoms with Gasteiger partial charge in [0.05, 0.1) is 10.4 Å². The normalized spacial score (nSPS) is 17.4. The number of nitrogens with one attached hydrogen (secondary N) is 1. The molecule has 1 aromatic heterocycles. The Balaban J connectivity index is 1.86. The second-order valence-corrected chi connectivity index (χ2v) is 8.34.